The third kappa shape index (κ3) is 4.13. The molecule has 0 radical (unpaired) electrons. The summed E-state index contributed by atoms with van der Waals surface area (Å²) in [6.45, 7) is 1.76. The van der Waals surface area contributed by atoms with E-state index in [0.29, 0.717) is 5.56 Å². The van der Waals surface area contributed by atoms with E-state index in [-0.39, 0.29) is 28.3 Å². The molecule has 3 aromatic carbocycles. The number of carbonyl (C=O) groups is 3. The number of halogens is 2. The van der Waals surface area contributed by atoms with Gasteiger partial charge in [-0.2, -0.15) is 0 Å². The van der Waals surface area contributed by atoms with Gasteiger partial charge < -0.3 is 4.74 Å². The second kappa shape index (κ2) is 8.65. The minimum Gasteiger partial charge on any atom is -0.423 e. The van der Waals surface area contributed by atoms with Crippen LogP contribution >= 0.6 is 27.5 Å². The van der Waals surface area contributed by atoms with Gasteiger partial charge in [-0.05, 0) is 42.3 Å². The summed E-state index contributed by atoms with van der Waals surface area (Å²) in [7, 11) is 0. The first-order valence-corrected chi connectivity index (χ1v) is 10.7. The average Bonchev–Trinajstić information content (AvgIpc) is 3.00. The summed E-state index contributed by atoms with van der Waals surface area (Å²) in [5.74, 6) is -1.57. The lowest BCUT2D eigenvalue weighted by molar-refractivity contribution is -0.138. The Balaban J connectivity index is 1.71. The molecule has 1 heterocycles. The summed E-state index contributed by atoms with van der Waals surface area (Å²) in [6.07, 6.45) is 0.123. The van der Waals surface area contributed by atoms with Gasteiger partial charge in [-0.1, -0.05) is 70.0 Å². The Kier molecular flexibility index (Phi) is 5.94. The minimum atomic E-state index is -1.14. The Hall–Kier alpha value is -2.96. The maximum atomic E-state index is 13.3. The van der Waals surface area contributed by atoms with E-state index < -0.39 is 23.8 Å². The molecule has 1 aliphatic rings. The van der Waals surface area contributed by atoms with Crippen LogP contribution in [0.25, 0.3) is 0 Å². The van der Waals surface area contributed by atoms with Crippen LogP contribution in [0.2, 0.25) is 5.02 Å². The summed E-state index contributed by atoms with van der Waals surface area (Å²) < 4.78 is 6.38. The van der Waals surface area contributed by atoms with E-state index >= 15 is 0 Å². The predicted molar refractivity (Wildman–Crippen MR) is 120 cm³/mol. The lowest BCUT2D eigenvalue weighted by atomic mass is 10.0. The molecule has 0 saturated carbocycles. The Morgan fingerprint density at radius 1 is 1.00 bits per heavy atom. The van der Waals surface area contributed by atoms with Crippen molar-refractivity contribution in [1.29, 1.82) is 0 Å². The van der Waals surface area contributed by atoms with E-state index in [0.717, 1.165) is 14.9 Å². The van der Waals surface area contributed by atoms with Crippen LogP contribution in [-0.2, 0) is 11.2 Å². The number of imide groups is 1. The van der Waals surface area contributed by atoms with E-state index in [2.05, 4.69) is 15.9 Å². The number of benzene rings is 3. The molecule has 4 rings (SSSR count). The predicted octanol–water partition coefficient (Wildman–Crippen LogP) is 5.22. The highest BCUT2D eigenvalue weighted by Crippen LogP contribution is 2.33. The number of aryl methyl sites for hydroxylation is 1. The van der Waals surface area contributed by atoms with Crippen LogP contribution in [0.3, 0.4) is 0 Å². The fraction of sp³-hybridized carbons (Fsp3) is 0.125. The molecule has 0 saturated heterocycles. The van der Waals surface area contributed by atoms with Gasteiger partial charge in [-0.25, -0.2) is 4.79 Å². The van der Waals surface area contributed by atoms with E-state index in [1.165, 1.54) is 0 Å². The van der Waals surface area contributed by atoms with Crippen LogP contribution < -0.4 is 4.74 Å². The molecule has 1 unspecified atom stereocenters. The van der Waals surface area contributed by atoms with Crippen molar-refractivity contribution in [1.82, 2.24) is 4.90 Å². The Morgan fingerprint density at radius 2 is 1.58 bits per heavy atom. The number of fused-ring (bicyclic) bond motifs is 1. The zero-order valence-corrected chi connectivity index (χ0v) is 18.8. The van der Waals surface area contributed by atoms with Gasteiger partial charge in [-0.3, -0.25) is 14.5 Å². The van der Waals surface area contributed by atoms with Gasteiger partial charge in [0.05, 0.1) is 16.1 Å². The molecule has 7 heteroatoms. The highest BCUT2D eigenvalue weighted by Gasteiger charge is 2.43. The van der Waals surface area contributed by atoms with E-state index in [4.69, 9.17) is 16.3 Å². The van der Waals surface area contributed by atoms with E-state index in [1.54, 1.807) is 43.3 Å². The van der Waals surface area contributed by atoms with Crippen LogP contribution in [0.15, 0.2) is 71.2 Å². The first-order valence-electron chi connectivity index (χ1n) is 9.55. The quantitative estimate of drug-likeness (QED) is 0.275. The van der Waals surface area contributed by atoms with Crippen molar-refractivity contribution in [3.8, 4) is 5.75 Å². The summed E-state index contributed by atoms with van der Waals surface area (Å²) in [5.41, 5.74) is 1.99. The molecule has 0 spiro atoms. The van der Waals surface area contributed by atoms with Gasteiger partial charge >= 0.3 is 5.97 Å². The Bertz CT molecular complexity index is 1140. The van der Waals surface area contributed by atoms with Crippen molar-refractivity contribution >= 4 is 45.3 Å². The molecule has 0 fully saturated rings. The number of rotatable bonds is 5. The molecule has 1 aliphatic heterocycles. The molecular weight excluding hydrogens is 482 g/mol. The van der Waals surface area contributed by atoms with Crippen molar-refractivity contribution in [3.05, 3.63) is 98.5 Å². The number of carbonyl (C=O) groups excluding carboxylic acids is 3. The van der Waals surface area contributed by atoms with Crippen LogP contribution in [0.1, 0.15) is 31.8 Å². The molecule has 5 nitrogen and oxygen atoms in total. The van der Waals surface area contributed by atoms with Crippen LogP contribution in [-0.4, -0.2) is 28.7 Å². The zero-order chi connectivity index (χ0) is 22.1. The first-order chi connectivity index (χ1) is 14.9. The van der Waals surface area contributed by atoms with Crippen molar-refractivity contribution < 1.29 is 19.1 Å². The fourth-order valence-corrected chi connectivity index (χ4v) is 4.60. The largest absolute Gasteiger partial charge is 0.423 e. The Morgan fingerprint density at radius 3 is 2.16 bits per heavy atom. The van der Waals surface area contributed by atoms with E-state index in [1.807, 2.05) is 30.3 Å². The third-order valence-electron chi connectivity index (χ3n) is 5.08. The summed E-state index contributed by atoms with van der Waals surface area (Å²) in [4.78, 5) is 40.4. The smallest absolute Gasteiger partial charge is 0.335 e. The lowest BCUT2D eigenvalue weighted by Gasteiger charge is -2.25. The van der Waals surface area contributed by atoms with Gasteiger partial charge in [0.15, 0.2) is 5.75 Å². The van der Waals surface area contributed by atoms with Crippen molar-refractivity contribution in [3.63, 3.8) is 0 Å². The van der Waals surface area contributed by atoms with Crippen molar-refractivity contribution in [2.24, 2.45) is 0 Å². The van der Waals surface area contributed by atoms with Gasteiger partial charge in [0.25, 0.3) is 11.8 Å². The molecule has 0 bridgehead atoms. The number of nitrogens with zero attached hydrogens (tertiary/aromatic N) is 1. The summed E-state index contributed by atoms with van der Waals surface area (Å²) in [5, 5.41) is 0.251. The van der Waals surface area contributed by atoms with Crippen LogP contribution in [0, 0.1) is 6.92 Å². The van der Waals surface area contributed by atoms with Gasteiger partial charge in [-0.15, -0.1) is 0 Å². The molecule has 1 atom stereocenters. The van der Waals surface area contributed by atoms with Crippen LogP contribution in [0.4, 0.5) is 0 Å². The molecule has 0 N–H and O–H groups in total. The highest BCUT2D eigenvalue weighted by atomic mass is 79.9. The van der Waals surface area contributed by atoms with Crippen molar-refractivity contribution in [2.75, 3.05) is 0 Å². The number of hydrogen-bond acceptors (Lipinski definition) is 4. The molecule has 0 aliphatic carbocycles. The molecule has 0 aromatic heterocycles. The Labute approximate surface area is 192 Å². The maximum absolute atomic E-state index is 13.3. The molecule has 156 valence electrons. The second-order valence-electron chi connectivity index (χ2n) is 7.19. The van der Waals surface area contributed by atoms with Gasteiger partial charge in [0.2, 0.25) is 0 Å². The van der Waals surface area contributed by atoms with Crippen molar-refractivity contribution in [2.45, 2.75) is 19.4 Å². The number of hydrogen-bond donors (Lipinski definition) is 0. The number of esters is 1. The monoisotopic (exact) mass is 497 g/mol. The standard InChI is InChI=1S/C24H17BrClNO4/c1-14-11-16(25)13-19(26)21(14)31-24(30)20(12-15-7-3-2-4-8-15)27-22(28)17-9-5-6-10-18(17)23(27)29/h2-11,13,20H,12H2,1H3. The van der Waals surface area contributed by atoms with E-state index in [9.17, 15) is 14.4 Å². The molecule has 2 amide bonds. The van der Waals surface area contributed by atoms with Gasteiger partial charge in [0.1, 0.15) is 6.04 Å². The first kappa shape index (κ1) is 21.3. The highest BCUT2D eigenvalue weighted by molar-refractivity contribution is 9.10. The number of ether oxygens (including phenoxy) is 1. The molecule has 31 heavy (non-hydrogen) atoms. The maximum Gasteiger partial charge on any atom is 0.335 e. The van der Waals surface area contributed by atoms with Crippen LogP contribution in [0.5, 0.6) is 5.75 Å². The normalized spacial score (nSPS) is 13.8. The zero-order valence-electron chi connectivity index (χ0n) is 16.5. The molecular formula is C24H17BrClNO4. The van der Waals surface area contributed by atoms with Gasteiger partial charge in [0, 0.05) is 10.9 Å². The number of amides is 2. The topological polar surface area (TPSA) is 63.7 Å². The second-order valence-corrected chi connectivity index (χ2v) is 8.51. The SMILES string of the molecule is Cc1cc(Br)cc(Cl)c1OC(=O)C(Cc1ccccc1)N1C(=O)c2ccccc2C1=O. The summed E-state index contributed by atoms with van der Waals surface area (Å²) in [6, 6.07) is 17.9. The summed E-state index contributed by atoms with van der Waals surface area (Å²) >= 11 is 9.63. The average molecular weight is 499 g/mol. The third-order valence-corrected chi connectivity index (χ3v) is 5.82. The minimum absolute atomic E-state index is 0.123. The molecule has 3 aromatic rings. The lowest BCUT2D eigenvalue weighted by Crippen LogP contribution is -2.48. The fourth-order valence-electron chi connectivity index (χ4n) is 3.60.